The molecule has 1 aliphatic rings. The minimum absolute atomic E-state index is 0.134. The molecule has 1 aromatic rings. The van der Waals surface area contributed by atoms with Gasteiger partial charge in [0.05, 0.1) is 5.75 Å². The summed E-state index contributed by atoms with van der Waals surface area (Å²) in [7, 11) is 1.90. The number of nitrogens with two attached hydrogens (primary N) is 1. The molecule has 1 saturated carbocycles. The van der Waals surface area contributed by atoms with Gasteiger partial charge in [-0.25, -0.2) is 4.68 Å². The lowest BCUT2D eigenvalue weighted by molar-refractivity contribution is -0.129. The zero-order valence-corrected chi connectivity index (χ0v) is 13.2. The smallest absolute Gasteiger partial charge is 0.233 e. The van der Waals surface area contributed by atoms with E-state index in [1.807, 2.05) is 11.9 Å². The fourth-order valence-electron chi connectivity index (χ4n) is 2.51. The highest BCUT2D eigenvalue weighted by atomic mass is 32.2. The Bertz CT molecular complexity index is 467. The van der Waals surface area contributed by atoms with Crippen molar-refractivity contribution in [3.8, 4) is 0 Å². The summed E-state index contributed by atoms with van der Waals surface area (Å²) in [5.41, 5.74) is 0. The van der Waals surface area contributed by atoms with Crippen molar-refractivity contribution in [2.45, 2.75) is 50.7 Å². The van der Waals surface area contributed by atoms with E-state index in [1.165, 1.54) is 29.3 Å². The van der Waals surface area contributed by atoms with Crippen molar-refractivity contribution < 1.29 is 4.79 Å². The van der Waals surface area contributed by atoms with Crippen molar-refractivity contribution in [3.63, 3.8) is 0 Å². The Balaban J connectivity index is 1.83. The minimum Gasteiger partial charge on any atom is -0.342 e. The van der Waals surface area contributed by atoms with E-state index < -0.39 is 0 Å². The van der Waals surface area contributed by atoms with Crippen molar-refractivity contribution in [3.05, 3.63) is 5.82 Å². The molecule has 1 aliphatic carbocycles. The van der Waals surface area contributed by atoms with Gasteiger partial charge < -0.3 is 10.7 Å². The summed E-state index contributed by atoms with van der Waals surface area (Å²) in [4.78, 5) is 14.1. The number of aryl methyl sites for hydroxylation is 1. The average molecular weight is 297 g/mol. The van der Waals surface area contributed by atoms with Crippen molar-refractivity contribution in [2.24, 2.45) is 5.92 Å². The number of carbonyl (C=O) groups is 1. The molecule has 1 fully saturated rings. The van der Waals surface area contributed by atoms with Crippen LogP contribution in [0.25, 0.3) is 0 Å². The molecule has 0 radical (unpaired) electrons. The van der Waals surface area contributed by atoms with Gasteiger partial charge in [-0.3, -0.25) is 4.79 Å². The average Bonchev–Trinajstić information content (AvgIpc) is 2.76. The molecule has 0 spiro atoms. The van der Waals surface area contributed by atoms with Crippen LogP contribution in [-0.4, -0.2) is 44.5 Å². The van der Waals surface area contributed by atoms with Crippen LogP contribution in [0, 0.1) is 12.8 Å². The zero-order chi connectivity index (χ0) is 14.7. The van der Waals surface area contributed by atoms with Crippen LogP contribution in [0.5, 0.6) is 0 Å². The van der Waals surface area contributed by atoms with Gasteiger partial charge in [-0.2, -0.15) is 0 Å². The van der Waals surface area contributed by atoms with E-state index in [-0.39, 0.29) is 5.91 Å². The normalized spacial score (nSPS) is 22.8. The second-order valence-electron chi connectivity index (χ2n) is 5.61. The van der Waals surface area contributed by atoms with Crippen LogP contribution in [0.1, 0.15) is 38.4 Å². The molecular weight excluding hydrogens is 274 g/mol. The predicted molar refractivity (Wildman–Crippen MR) is 79.8 cm³/mol. The highest BCUT2D eigenvalue weighted by Gasteiger charge is 2.25. The Morgan fingerprint density at radius 1 is 1.40 bits per heavy atom. The maximum atomic E-state index is 12.2. The number of aromatic nitrogens is 3. The number of nitrogen functional groups attached to an aromatic ring is 1. The number of rotatable bonds is 4. The lowest BCUT2D eigenvalue weighted by Gasteiger charge is -2.33. The van der Waals surface area contributed by atoms with Gasteiger partial charge in [0.25, 0.3) is 0 Å². The van der Waals surface area contributed by atoms with E-state index in [2.05, 4.69) is 17.1 Å². The summed E-state index contributed by atoms with van der Waals surface area (Å²) in [6.07, 6.45) is 4.65. The van der Waals surface area contributed by atoms with Crippen LogP contribution in [0.3, 0.4) is 0 Å². The predicted octanol–water partition coefficient (Wildman–Crippen LogP) is 1.43. The van der Waals surface area contributed by atoms with E-state index in [0.717, 1.165) is 18.8 Å². The monoisotopic (exact) mass is 297 g/mol. The molecule has 1 heterocycles. The van der Waals surface area contributed by atoms with Gasteiger partial charge >= 0.3 is 0 Å². The molecule has 0 atom stereocenters. The molecule has 1 aromatic heterocycles. The second-order valence-corrected chi connectivity index (χ2v) is 6.55. The molecule has 0 saturated heterocycles. The highest BCUT2D eigenvalue weighted by molar-refractivity contribution is 7.99. The zero-order valence-electron chi connectivity index (χ0n) is 12.4. The molecule has 2 rings (SSSR count). The first-order valence-corrected chi connectivity index (χ1v) is 8.03. The largest absolute Gasteiger partial charge is 0.342 e. The van der Waals surface area contributed by atoms with E-state index >= 15 is 0 Å². The molecule has 112 valence electrons. The third-order valence-electron chi connectivity index (χ3n) is 4.09. The molecule has 1 amide bonds. The van der Waals surface area contributed by atoms with E-state index in [9.17, 15) is 4.79 Å². The Morgan fingerprint density at radius 2 is 2.05 bits per heavy atom. The standard InChI is InChI=1S/C13H23N5OS/c1-9-4-6-11(7-5-9)17(3)12(19)8-20-13-16-15-10(2)18(13)14/h9,11H,4-8,14H2,1-3H3. The van der Waals surface area contributed by atoms with Gasteiger partial charge in [0.2, 0.25) is 11.1 Å². The number of thioether (sulfide) groups is 1. The molecule has 2 N–H and O–H groups in total. The second kappa shape index (κ2) is 6.47. The van der Waals surface area contributed by atoms with Crippen molar-refractivity contribution in [1.29, 1.82) is 0 Å². The van der Waals surface area contributed by atoms with Crippen molar-refractivity contribution >= 4 is 17.7 Å². The van der Waals surface area contributed by atoms with Crippen LogP contribution in [0.2, 0.25) is 0 Å². The Hall–Kier alpha value is -1.24. The lowest BCUT2D eigenvalue weighted by atomic mass is 9.87. The number of nitrogens with zero attached hydrogens (tertiary/aromatic N) is 4. The summed E-state index contributed by atoms with van der Waals surface area (Å²) in [6, 6.07) is 0.386. The number of hydrogen-bond donors (Lipinski definition) is 1. The number of amides is 1. The van der Waals surface area contributed by atoms with Crippen LogP contribution >= 0.6 is 11.8 Å². The summed E-state index contributed by atoms with van der Waals surface area (Å²) in [5, 5.41) is 8.41. The Labute approximate surface area is 124 Å². The minimum atomic E-state index is 0.134. The third kappa shape index (κ3) is 3.45. The van der Waals surface area contributed by atoms with Gasteiger partial charge in [0, 0.05) is 13.1 Å². The Kier molecular flexibility index (Phi) is 4.91. The summed E-state index contributed by atoms with van der Waals surface area (Å²) < 4.78 is 1.42. The third-order valence-corrected chi connectivity index (χ3v) is 5.01. The molecule has 6 nitrogen and oxygen atoms in total. The molecule has 0 aliphatic heterocycles. The SMILES string of the molecule is Cc1nnc(SCC(=O)N(C)C2CCC(C)CC2)n1N. The van der Waals surface area contributed by atoms with Gasteiger partial charge in [0.1, 0.15) is 5.82 Å². The molecular formula is C13H23N5OS. The maximum absolute atomic E-state index is 12.2. The van der Waals surface area contributed by atoms with Gasteiger partial charge in [-0.05, 0) is 38.5 Å². The first kappa shape index (κ1) is 15.2. The summed E-state index contributed by atoms with van der Waals surface area (Å²) in [6.45, 7) is 4.07. The van der Waals surface area contributed by atoms with Gasteiger partial charge in [0.15, 0.2) is 0 Å². The van der Waals surface area contributed by atoms with E-state index in [4.69, 9.17) is 5.84 Å². The molecule has 0 aromatic carbocycles. The van der Waals surface area contributed by atoms with Crippen LogP contribution in [0.4, 0.5) is 0 Å². The highest BCUT2D eigenvalue weighted by Crippen LogP contribution is 2.27. The van der Waals surface area contributed by atoms with Gasteiger partial charge in [-0.1, -0.05) is 18.7 Å². The van der Waals surface area contributed by atoms with Crippen LogP contribution in [-0.2, 0) is 4.79 Å². The summed E-state index contributed by atoms with van der Waals surface area (Å²) in [5.74, 6) is 7.70. The molecule has 20 heavy (non-hydrogen) atoms. The van der Waals surface area contributed by atoms with E-state index in [1.54, 1.807) is 6.92 Å². The molecule has 7 heteroatoms. The van der Waals surface area contributed by atoms with Crippen molar-refractivity contribution in [2.75, 3.05) is 18.6 Å². The van der Waals surface area contributed by atoms with Crippen LogP contribution < -0.4 is 5.84 Å². The fraction of sp³-hybridized carbons (Fsp3) is 0.769. The fourth-order valence-corrected chi connectivity index (χ4v) is 3.34. The maximum Gasteiger partial charge on any atom is 0.233 e. The molecule has 0 unspecified atom stereocenters. The first-order chi connectivity index (χ1) is 9.49. The van der Waals surface area contributed by atoms with Crippen LogP contribution in [0.15, 0.2) is 5.16 Å². The Morgan fingerprint density at radius 3 is 2.60 bits per heavy atom. The van der Waals surface area contributed by atoms with Gasteiger partial charge in [-0.15, -0.1) is 10.2 Å². The quantitative estimate of drug-likeness (QED) is 0.672. The van der Waals surface area contributed by atoms with Crippen molar-refractivity contribution in [1.82, 2.24) is 19.8 Å². The number of carbonyl (C=O) groups excluding carboxylic acids is 1. The topological polar surface area (TPSA) is 77.0 Å². The lowest BCUT2D eigenvalue weighted by Crippen LogP contribution is -2.40. The summed E-state index contributed by atoms with van der Waals surface area (Å²) >= 11 is 1.34. The first-order valence-electron chi connectivity index (χ1n) is 7.04. The number of hydrogen-bond acceptors (Lipinski definition) is 5. The van der Waals surface area contributed by atoms with E-state index in [0.29, 0.717) is 22.8 Å². The molecule has 0 bridgehead atoms.